The third-order valence-electron chi connectivity index (χ3n) is 2.44. The number of nitrogens with zero attached hydrogens (tertiary/aromatic N) is 1. The molecule has 0 aliphatic rings. The van der Waals surface area contributed by atoms with Crippen molar-refractivity contribution in [2.75, 3.05) is 13.2 Å². The zero-order valence-electron chi connectivity index (χ0n) is 10.9. The largest absolute Gasteiger partial charge is 0.545 e. The van der Waals surface area contributed by atoms with Gasteiger partial charge in [-0.1, -0.05) is 0 Å². The fourth-order valence-electron chi connectivity index (χ4n) is 1.74. The van der Waals surface area contributed by atoms with Crippen LogP contribution in [0.1, 0.15) is 29.8 Å². The van der Waals surface area contributed by atoms with Gasteiger partial charge in [0.05, 0.1) is 35.2 Å². The number of carbonyl (C=O) groups excluding carboxylic acids is 1. The molecule has 1 aromatic rings. The van der Waals surface area contributed by atoms with E-state index in [-0.39, 0.29) is 30.3 Å². The van der Waals surface area contributed by atoms with Crippen LogP contribution in [0.3, 0.4) is 0 Å². The molecule has 0 saturated heterocycles. The van der Waals surface area contributed by atoms with Crippen molar-refractivity contribution in [2.45, 2.75) is 20.8 Å². The number of aromatic carboxylic acids is 1. The van der Waals surface area contributed by atoms with Crippen LogP contribution in [-0.4, -0.2) is 24.1 Å². The Hall–Kier alpha value is -2.31. The first-order chi connectivity index (χ1) is 8.93. The highest BCUT2D eigenvalue weighted by atomic mass is 16.6. The van der Waals surface area contributed by atoms with Gasteiger partial charge in [-0.2, -0.15) is 0 Å². The quantitative estimate of drug-likeness (QED) is 0.564. The molecule has 0 heterocycles. The minimum absolute atomic E-state index is 0.108. The Labute approximate surface area is 109 Å². The lowest BCUT2D eigenvalue weighted by Crippen LogP contribution is -2.24. The van der Waals surface area contributed by atoms with Gasteiger partial charge in [-0.05, 0) is 26.8 Å². The molecule has 0 bridgehead atoms. The van der Waals surface area contributed by atoms with E-state index >= 15 is 0 Å². The van der Waals surface area contributed by atoms with Gasteiger partial charge < -0.3 is 19.4 Å². The molecule has 0 radical (unpaired) electrons. The summed E-state index contributed by atoms with van der Waals surface area (Å²) in [5, 5.41) is 22.0. The first-order valence-electron chi connectivity index (χ1n) is 5.72. The Morgan fingerprint density at radius 3 is 2.32 bits per heavy atom. The van der Waals surface area contributed by atoms with Crippen molar-refractivity contribution in [3.63, 3.8) is 0 Å². The van der Waals surface area contributed by atoms with Gasteiger partial charge in [0.1, 0.15) is 0 Å². The van der Waals surface area contributed by atoms with E-state index in [0.29, 0.717) is 0 Å². The smallest absolute Gasteiger partial charge is 0.285 e. The van der Waals surface area contributed by atoms with Gasteiger partial charge in [0.2, 0.25) is 0 Å². The highest BCUT2D eigenvalue weighted by Crippen LogP contribution is 2.39. The van der Waals surface area contributed by atoms with Crippen LogP contribution in [0.25, 0.3) is 0 Å². The summed E-state index contributed by atoms with van der Waals surface area (Å²) in [6, 6.07) is 1.06. The Balaban J connectivity index is 3.59. The lowest BCUT2D eigenvalue weighted by atomic mass is 10.1. The molecule has 0 aliphatic carbocycles. The third-order valence-corrected chi connectivity index (χ3v) is 2.44. The van der Waals surface area contributed by atoms with Crippen LogP contribution in [0, 0.1) is 17.0 Å². The number of carboxylic acids is 1. The van der Waals surface area contributed by atoms with E-state index in [0.717, 1.165) is 6.07 Å². The lowest BCUT2D eigenvalue weighted by Gasteiger charge is -2.16. The fraction of sp³-hybridized carbons (Fsp3) is 0.417. The summed E-state index contributed by atoms with van der Waals surface area (Å²) in [4.78, 5) is 21.2. The van der Waals surface area contributed by atoms with E-state index in [9.17, 15) is 20.0 Å². The summed E-state index contributed by atoms with van der Waals surface area (Å²) >= 11 is 0. The molecule has 19 heavy (non-hydrogen) atoms. The summed E-state index contributed by atoms with van der Waals surface area (Å²) < 4.78 is 10.6. The number of rotatable bonds is 6. The molecule has 0 amide bonds. The van der Waals surface area contributed by atoms with Crippen LogP contribution in [0.2, 0.25) is 0 Å². The maximum absolute atomic E-state index is 11.0. The minimum Gasteiger partial charge on any atom is -0.545 e. The summed E-state index contributed by atoms with van der Waals surface area (Å²) in [5.41, 5.74) is -0.946. The molecule has 0 unspecified atom stereocenters. The van der Waals surface area contributed by atoms with Gasteiger partial charge in [0.25, 0.3) is 5.69 Å². The molecule has 0 N–H and O–H groups in total. The number of carbonyl (C=O) groups is 1. The van der Waals surface area contributed by atoms with Crippen LogP contribution in [-0.2, 0) is 0 Å². The number of hydrogen-bond donors (Lipinski definition) is 0. The Bertz CT molecular complexity index is 511. The first kappa shape index (κ1) is 14.7. The molecule has 7 nitrogen and oxygen atoms in total. The number of nitro benzene ring substituents is 1. The Kier molecular flexibility index (Phi) is 4.68. The Morgan fingerprint density at radius 1 is 1.32 bits per heavy atom. The van der Waals surface area contributed by atoms with Crippen molar-refractivity contribution < 1.29 is 24.3 Å². The number of nitro groups is 1. The van der Waals surface area contributed by atoms with E-state index in [2.05, 4.69) is 0 Å². The zero-order chi connectivity index (χ0) is 14.6. The molecule has 0 aliphatic heterocycles. The molecule has 0 atom stereocenters. The van der Waals surface area contributed by atoms with Crippen molar-refractivity contribution in [2.24, 2.45) is 0 Å². The van der Waals surface area contributed by atoms with Gasteiger partial charge in [0.15, 0.2) is 11.5 Å². The zero-order valence-corrected chi connectivity index (χ0v) is 10.9. The predicted molar refractivity (Wildman–Crippen MR) is 64.5 cm³/mol. The number of hydrogen-bond acceptors (Lipinski definition) is 6. The monoisotopic (exact) mass is 268 g/mol. The second-order valence-electron chi connectivity index (χ2n) is 3.64. The van der Waals surface area contributed by atoms with Crippen molar-refractivity contribution in [1.82, 2.24) is 0 Å². The van der Waals surface area contributed by atoms with Crippen LogP contribution >= 0.6 is 0 Å². The van der Waals surface area contributed by atoms with Gasteiger partial charge >= 0.3 is 0 Å². The second kappa shape index (κ2) is 6.03. The van der Waals surface area contributed by atoms with Crippen molar-refractivity contribution >= 4 is 11.7 Å². The van der Waals surface area contributed by atoms with Crippen molar-refractivity contribution in [3.8, 4) is 11.5 Å². The SMILES string of the molecule is CCOc1cc(C(=O)[O-])c([N+](=O)[O-])c(C)c1OCC. The number of carboxylic acid groups (broad SMARTS) is 1. The normalized spacial score (nSPS) is 10.1. The molecule has 0 fully saturated rings. The molecular weight excluding hydrogens is 254 g/mol. The maximum atomic E-state index is 11.0. The number of benzene rings is 1. The summed E-state index contributed by atoms with van der Waals surface area (Å²) in [5.74, 6) is -1.29. The van der Waals surface area contributed by atoms with Crippen LogP contribution < -0.4 is 14.6 Å². The van der Waals surface area contributed by atoms with E-state index in [4.69, 9.17) is 9.47 Å². The number of ether oxygens (including phenoxy) is 2. The maximum Gasteiger partial charge on any atom is 0.285 e. The molecule has 0 saturated carbocycles. The molecule has 1 rings (SSSR count). The predicted octanol–water partition coefficient (Wildman–Crippen LogP) is 1.06. The highest BCUT2D eigenvalue weighted by molar-refractivity contribution is 5.93. The van der Waals surface area contributed by atoms with E-state index in [1.807, 2.05) is 0 Å². The van der Waals surface area contributed by atoms with Crippen molar-refractivity contribution in [1.29, 1.82) is 0 Å². The summed E-state index contributed by atoms with van der Waals surface area (Å²) in [6.07, 6.45) is 0. The molecule has 0 spiro atoms. The molecule has 7 heteroatoms. The van der Waals surface area contributed by atoms with Gasteiger partial charge in [0, 0.05) is 0 Å². The van der Waals surface area contributed by atoms with Crippen molar-refractivity contribution in [3.05, 3.63) is 27.3 Å². The molecule has 1 aromatic carbocycles. The topological polar surface area (TPSA) is 102 Å². The molecule has 104 valence electrons. The fourth-order valence-corrected chi connectivity index (χ4v) is 1.74. The third kappa shape index (κ3) is 2.93. The first-order valence-corrected chi connectivity index (χ1v) is 5.72. The van der Waals surface area contributed by atoms with Gasteiger partial charge in [-0.3, -0.25) is 10.1 Å². The second-order valence-corrected chi connectivity index (χ2v) is 3.64. The average molecular weight is 268 g/mol. The van der Waals surface area contributed by atoms with Crippen LogP contribution in [0.15, 0.2) is 6.07 Å². The Morgan fingerprint density at radius 2 is 1.89 bits per heavy atom. The van der Waals surface area contributed by atoms with E-state index in [1.165, 1.54) is 6.92 Å². The van der Waals surface area contributed by atoms with Gasteiger partial charge in [-0.25, -0.2) is 0 Å². The van der Waals surface area contributed by atoms with E-state index in [1.54, 1.807) is 13.8 Å². The van der Waals surface area contributed by atoms with Crippen LogP contribution in [0.4, 0.5) is 5.69 Å². The summed E-state index contributed by atoms with van der Waals surface area (Å²) in [6.45, 7) is 5.41. The summed E-state index contributed by atoms with van der Waals surface area (Å²) in [7, 11) is 0. The molecular formula is C12H14NO6-. The molecule has 0 aromatic heterocycles. The lowest BCUT2D eigenvalue weighted by molar-refractivity contribution is -0.386. The van der Waals surface area contributed by atoms with Crippen LogP contribution in [0.5, 0.6) is 11.5 Å². The highest BCUT2D eigenvalue weighted by Gasteiger charge is 2.25. The standard InChI is InChI=1S/C12H15NO6/c1-4-18-9-6-8(12(14)15)10(13(16)17)7(3)11(9)19-5-2/h6H,4-5H2,1-3H3,(H,14,15)/p-1. The van der Waals surface area contributed by atoms with E-state index < -0.39 is 22.1 Å². The minimum atomic E-state index is -1.63. The average Bonchev–Trinajstić information content (AvgIpc) is 2.32. The van der Waals surface area contributed by atoms with Gasteiger partial charge in [-0.15, -0.1) is 0 Å².